The number of nitrogen functional groups attached to an aromatic ring is 1. The number of anilines is 1. The van der Waals surface area contributed by atoms with E-state index in [-0.39, 0.29) is 5.95 Å². The Morgan fingerprint density at radius 2 is 2.11 bits per heavy atom. The molecule has 0 amide bonds. The van der Waals surface area contributed by atoms with Crippen LogP contribution in [-0.2, 0) is 6.42 Å². The SMILES string of the molecule is Nc1nc(Cc2ccccn2)nc(-n2cncn2)n1. The fourth-order valence-electron chi connectivity index (χ4n) is 1.58. The molecule has 3 aromatic rings. The van der Waals surface area contributed by atoms with Crippen LogP contribution in [0.25, 0.3) is 5.95 Å². The van der Waals surface area contributed by atoms with E-state index < -0.39 is 0 Å². The van der Waals surface area contributed by atoms with Crippen molar-refractivity contribution in [2.45, 2.75) is 6.42 Å². The molecule has 0 aliphatic carbocycles. The third-order valence-corrected chi connectivity index (χ3v) is 2.38. The highest BCUT2D eigenvalue weighted by molar-refractivity contribution is 5.23. The Morgan fingerprint density at radius 1 is 1.16 bits per heavy atom. The first-order valence-electron chi connectivity index (χ1n) is 5.56. The Kier molecular flexibility index (Phi) is 2.81. The molecular weight excluding hydrogens is 244 g/mol. The standard InChI is InChI=1S/C11H10N8/c12-10-16-9(5-8-3-1-2-4-14-8)17-11(18-10)19-7-13-6-15-19/h1-4,6-7H,5H2,(H2,12,16,17,18). The van der Waals surface area contributed by atoms with Crippen molar-refractivity contribution in [3.8, 4) is 5.95 Å². The Bertz CT molecular complexity index is 664. The summed E-state index contributed by atoms with van der Waals surface area (Å²) in [6, 6.07) is 5.66. The lowest BCUT2D eigenvalue weighted by atomic mass is 10.2. The molecule has 3 rings (SSSR count). The van der Waals surface area contributed by atoms with E-state index in [0.717, 1.165) is 5.69 Å². The molecule has 3 aromatic heterocycles. The first-order valence-corrected chi connectivity index (χ1v) is 5.56. The molecule has 0 atom stereocenters. The molecule has 0 aromatic carbocycles. The van der Waals surface area contributed by atoms with Gasteiger partial charge in [0.05, 0.1) is 6.42 Å². The van der Waals surface area contributed by atoms with Crippen molar-refractivity contribution in [3.05, 3.63) is 48.6 Å². The van der Waals surface area contributed by atoms with E-state index in [1.54, 1.807) is 6.20 Å². The Labute approximate surface area is 108 Å². The lowest BCUT2D eigenvalue weighted by Crippen LogP contribution is -2.10. The molecule has 19 heavy (non-hydrogen) atoms. The third-order valence-electron chi connectivity index (χ3n) is 2.38. The highest BCUT2D eigenvalue weighted by Crippen LogP contribution is 2.06. The zero-order valence-electron chi connectivity index (χ0n) is 9.88. The summed E-state index contributed by atoms with van der Waals surface area (Å²) in [6.45, 7) is 0. The minimum atomic E-state index is 0.145. The van der Waals surface area contributed by atoms with E-state index in [4.69, 9.17) is 5.73 Å². The third kappa shape index (κ3) is 2.51. The van der Waals surface area contributed by atoms with E-state index in [2.05, 4.69) is 30.0 Å². The average molecular weight is 254 g/mol. The molecule has 2 N–H and O–H groups in total. The van der Waals surface area contributed by atoms with Gasteiger partial charge in [-0.15, -0.1) is 0 Å². The van der Waals surface area contributed by atoms with Gasteiger partial charge in [-0.3, -0.25) is 4.98 Å². The van der Waals surface area contributed by atoms with E-state index in [9.17, 15) is 0 Å². The molecule has 0 bridgehead atoms. The first kappa shape index (κ1) is 11.2. The zero-order valence-corrected chi connectivity index (χ0v) is 9.88. The number of aromatic nitrogens is 7. The summed E-state index contributed by atoms with van der Waals surface area (Å²) >= 11 is 0. The topological polar surface area (TPSA) is 108 Å². The Balaban J connectivity index is 1.94. The van der Waals surface area contributed by atoms with E-state index in [1.165, 1.54) is 17.3 Å². The largest absolute Gasteiger partial charge is 0.368 e. The summed E-state index contributed by atoms with van der Waals surface area (Å²) in [6.07, 6.45) is 5.10. The molecule has 0 aliphatic heterocycles. The maximum Gasteiger partial charge on any atom is 0.257 e. The maximum atomic E-state index is 5.68. The van der Waals surface area contributed by atoms with Gasteiger partial charge in [0.25, 0.3) is 5.95 Å². The summed E-state index contributed by atoms with van der Waals surface area (Å²) in [5.74, 6) is 1.03. The lowest BCUT2D eigenvalue weighted by molar-refractivity contribution is 0.773. The fraction of sp³-hybridized carbons (Fsp3) is 0.0909. The molecule has 3 heterocycles. The van der Waals surface area contributed by atoms with Gasteiger partial charge in [-0.25, -0.2) is 4.98 Å². The van der Waals surface area contributed by atoms with Crippen LogP contribution in [0, 0.1) is 0 Å². The van der Waals surface area contributed by atoms with Gasteiger partial charge in [0.1, 0.15) is 18.5 Å². The number of hydrogen-bond donors (Lipinski definition) is 1. The molecule has 0 fully saturated rings. The predicted molar refractivity (Wildman–Crippen MR) is 66.2 cm³/mol. The molecule has 8 nitrogen and oxygen atoms in total. The fourth-order valence-corrected chi connectivity index (χ4v) is 1.58. The van der Waals surface area contributed by atoms with Gasteiger partial charge >= 0.3 is 0 Å². The monoisotopic (exact) mass is 254 g/mol. The van der Waals surface area contributed by atoms with Gasteiger partial charge in [0, 0.05) is 11.9 Å². The molecule has 0 saturated carbocycles. The molecule has 0 radical (unpaired) electrons. The molecular formula is C11H10N8. The van der Waals surface area contributed by atoms with Crippen molar-refractivity contribution in [2.24, 2.45) is 0 Å². The van der Waals surface area contributed by atoms with Crippen LogP contribution in [0.1, 0.15) is 11.5 Å². The van der Waals surface area contributed by atoms with E-state index in [1.807, 2.05) is 18.2 Å². The van der Waals surface area contributed by atoms with E-state index >= 15 is 0 Å². The summed E-state index contributed by atoms with van der Waals surface area (Å²) < 4.78 is 1.43. The molecule has 0 unspecified atom stereocenters. The van der Waals surface area contributed by atoms with Gasteiger partial charge in [-0.1, -0.05) is 6.07 Å². The summed E-state index contributed by atoms with van der Waals surface area (Å²) in [4.78, 5) is 20.5. The quantitative estimate of drug-likeness (QED) is 0.701. The van der Waals surface area contributed by atoms with Crippen LogP contribution in [0.2, 0.25) is 0 Å². The second-order valence-electron chi connectivity index (χ2n) is 3.75. The predicted octanol–water partition coefficient (Wildman–Crippen LogP) is 0.0203. The molecule has 0 saturated heterocycles. The summed E-state index contributed by atoms with van der Waals surface area (Å²) in [5, 5.41) is 3.96. The maximum absolute atomic E-state index is 5.68. The van der Waals surface area contributed by atoms with Crippen LogP contribution >= 0.6 is 0 Å². The van der Waals surface area contributed by atoms with Crippen molar-refractivity contribution >= 4 is 5.95 Å². The Hall–Kier alpha value is -2.90. The van der Waals surface area contributed by atoms with E-state index in [0.29, 0.717) is 18.2 Å². The highest BCUT2D eigenvalue weighted by Gasteiger charge is 2.08. The zero-order chi connectivity index (χ0) is 13.1. The van der Waals surface area contributed by atoms with Crippen molar-refractivity contribution in [1.29, 1.82) is 0 Å². The van der Waals surface area contributed by atoms with Crippen LogP contribution < -0.4 is 5.73 Å². The summed E-state index contributed by atoms with van der Waals surface area (Å²) in [5.41, 5.74) is 6.53. The summed E-state index contributed by atoms with van der Waals surface area (Å²) in [7, 11) is 0. The second kappa shape index (κ2) is 4.77. The number of nitrogens with zero attached hydrogens (tertiary/aromatic N) is 7. The lowest BCUT2D eigenvalue weighted by Gasteiger charge is -2.03. The highest BCUT2D eigenvalue weighted by atomic mass is 15.4. The van der Waals surface area contributed by atoms with Gasteiger partial charge in [-0.2, -0.15) is 24.7 Å². The molecule has 0 spiro atoms. The van der Waals surface area contributed by atoms with Crippen LogP contribution in [0.3, 0.4) is 0 Å². The van der Waals surface area contributed by atoms with Crippen molar-refractivity contribution in [3.63, 3.8) is 0 Å². The normalized spacial score (nSPS) is 10.5. The second-order valence-corrected chi connectivity index (χ2v) is 3.75. The number of rotatable bonds is 3. The van der Waals surface area contributed by atoms with Crippen LogP contribution in [0.4, 0.5) is 5.95 Å². The van der Waals surface area contributed by atoms with Gasteiger partial charge in [0.2, 0.25) is 5.95 Å². The minimum absolute atomic E-state index is 0.145. The molecule has 94 valence electrons. The van der Waals surface area contributed by atoms with Gasteiger partial charge in [-0.05, 0) is 12.1 Å². The Morgan fingerprint density at radius 3 is 2.84 bits per heavy atom. The molecule has 0 aliphatic rings. The first-order chi connectivity index (χ1) is 9.31. The van der Waals surface area contributed by atoms with Gasteiger partial charge < -0.3 is 5.73 Å². The number of nitrogens with two attached hydrogens (primary N) is 1. The van der Waals surface area contributed by atoms with Crippen molar-refractivity contribution in [2.75, 3.05) is 5.73 Å². The van der Waals surface area contributed by atoms with Crippen molar-refractivity contribution in [1.82, 2.24) is 34.7 Å². The van der Waals surface area contributed by atoms with Gasteiger partial charge in [0.15, 0.2) is 0 Å². The van der Waals surface area contributed by atoms with Crippen LogP contribution in [0.15, 0.2) is 37.1 Å². The average Bonchev–Trinajstić information content (AvgIpc) is 2.93. The smallest absolute Gasteiger partial charge is 0.257 e. The van der Waals surface area contributed by atoms with Crippen LogP contribution in [-0.4, -0.2) is 34.7 Å². The number of hydrogen-bond acceptors (Lipinski definition) is 7. The minimum Gasteiger partial charge on any atom is -0.368 e. The number of pyridine rings is 1. The van der Waals surface area contributed by atoms with Crippen molar-refractivity contribution < 1.29 is 0 Å². The molecule has 8 heteroatoms. The van der Waals surface area contributed by atoms with Crippen LogP contribution in [0.5, 0.6) is 0 Å².